The average Bonchev–Trinajstić information content (AvgIpc) is 2.56. The Hall–Kier alpha value is -1.63. The van der Waals surface area contributed by atoms with Crippen LogP contribution in [0.1, 0.15) is 25.2 Å². The molecule has 1 aromatic heterocycles. The van der Waals surface area contributed by atoms with Crippen molar-refractivity contribution in [3.63, 3.8) is 0 Å². The third-order valence-corrected chi connectivity index (χ3v) is 2.54. The van der Waals surface area contributed by atoms with Crippen LogP contribution in [0.5, 0.6) is 0 Å². The maximum Gasteiger partial charge on any atom is 0.346 e. The van der Waals surface area contributed by atoms with Gasteiger partial charge in [-0.05, 0) is 6.92 Å². The van der Waals surface area contributed by atoms with Gasteiger partial charge in [0.2, 0.25) is 0 Å². The van der Waals surface area contributed by atoms with Crippen LogP contribution in [0.3, 0.4) is 0 Å². The molecule has 2 rings (SSSR count). The number of ether oxygens (including phenoxy) is 1. The third-order valence-electron chi connectivity index (χ3n) is 2.54. The van der Waals surface area contributed by atoms with Gasteiger partial charge in [-0.25, -0.2) is 9.48 Å². The second-order valence-corrected chi connectivity index (χ2v) is 3.79. The Morgan fingerprint density at radius 2 is 2.44 bits per heavy atom. The minimum atomic E-state index is -0.943. The van der Waals surface area contributed by atoms with E-state index in [1.54, 1.807) is 6.92 Å². The Morgan fingerprint density at radius 3 is 3.06 bits per heavy atom. The van der Waals surface area contributed by atoms with Crippen molar-refractivity contribution in [1.82, 2.24) is 14.3 Å². The fraction of sp³-hybridized carbons (Fsp3) is 0.667. The number of aliphatic carboxylic acids is 1. The van der Waals surface area contributed by atoms with Crippen LogP contribution in [0.2, 0.25) is 0 Å². The summed E-state index contributed by atoms with van der Waals surface area (Å²) in [5, 5.41) is 12.7. The highest BCUT2D eigenvalue weighted by Crippen LogP contribution is 2.09. The van der Waals surface area contributed by atoms with Gasteiger partial charge < -0.3 is 9.84 Å². The van der Waals surface area contributed by atoms with E-state index in [9.17, 15) is 9.59 Å². The second kappa shape index (κ2) is 4.09. The third kappa shape index (κ3) is 1.85. The molecule has 7 nitrogen and oxygen atoms in total. The minimum Gasteiger partial charge on any atom is -0.481 e. The predicted octanol–water partition coefficient (Wildman–Crippen LogP) is -0.389. The van der Waals surface area contributed by atoms with Gasteiger partial charge in [0.25, 0.3) is 0 Å². The molecule has 0 unspecified atom stereocenters. The van der Waals surface area contributed by atoms with E-state index in [1.165, 1.54) is 9.25 Å². The first kappa shape index (κ1) is 10.9. The highest BCUT2D eigenvalue weighted by Gasteiger charge is 2.21. The summed E-state index contributed by atoms with van der Waals surface area (Å²) in [5.41, 5.74) is -0.257. The van der Waals surface area contributed by atoms with Gasteiger partial charge in [-0.2, -0.15) is 5.10 Å². The van der Waals surface area contributed by atoms with Gasteiger partial charge in [-0.1, -0.05) is 0 Å². The Balaban J connectivity index is 2.31. The Morgan fingerprint density at radius 1 is 1.69 bits per heavy atom. The van der Waals surface area contributed by atoms with Crippen molar-refractivity contribution in [2.24, 2.45) is 0 Å². The molecule has 0 bridgehead atoms. The van der Waals surface area contributed by atoms with Gasteiger partial charge in [0.15, 0.2) is 5.82 Å². The van der Waals surface area contributed by atoms with E-state index in [-0.39, 0.29) is 12.1 Å². The van der Waals surface area contributed by atoms with Crippen LogP contribution in [0.25, 0.3) is 0 Å². The van der Waals surface area contributed by atoms with Crippen LogP contribution >= 0.6 is 0 Å². The first-order valence-electron chi connectivity index (χ1n) is 5.07. The summed E-state index contributed by atoms with van der Waals surface area (Å²) < 4.78 is 7.92. The molecule has 0 aromatic carbocycles. The van der Waals surface area contributed by atoms with Crippen molar-refractivity contribution in [2.75, 3.05) is 6.61 Å². The Bertz CT molecular complexity index is 462. The van der Waals surface area contributed by atoms with Gasteiger partial charge in [0, 0.05) is 0 Å². The smallest absolute Gasteiger partial charge is 0.346 e. The zero-order valence-corrected chi connectivity index (χ0v) is 8.92. The molecule has 1 N–H and O–H groups in total. The maximum atomic E-state index is 11.9. The minimum absolute atomic E-state index is 0.114. The summed E-state index contributed by atoms with van der Waals surface area (Å²) in [7, 11) is 0. The number of hydrogen-bond acceptors (Lipinski definition) is 4. The van der Waals surface area contributed by atoms with E-state index in [0.29, 0.717) is 25.6 Å². The van der Waals surface area contributed by atoms with Gasteiger partial charge in [0.1, 0.15) is 6.61 Å². The summed E-state index contributed by atoms with van der Waals surface area (Å²) >= 11 is 0. The molecule has 0 saturated heterocycles. The van der Waals surface area contributed by atoms with Crippen molar-refractivity contribution in [3.8, 4) is 0 Å². The summed E-state index contributed by atoms with van der Waals surface area (Å²) in [6.07, 6.45) is -0.114. The number of aromatic nitrogens is 3. The molecular formula is C9H13N3O4. The fourth-order valence-corrected chi connectivity index (χ4v) is 1.73. The van der Waals surface area contributed by atoms with Gasteiger partial charge in [0.05, 0.1) is 25.6 Å². The van der Waals surface area contributed by atoms with Crippen LogP contribution in [0, 0.1) is 0 Å². The van der Waals surface area contributed by atoms with Crippen molar-refractivity contribution in [1.29, 1.82) is 0 Å². The number of hydrogen-bond donors (Lipinski definition) is 1. The number of nitrogens with zero attached hydrogens (tertiary/aromatic N) is 3. The summed E-state index contributed by atoms with van der Waals surface area (Å²) in [4.78, 5) is 22.4. The van der Waals surface area contributed by atoms with Gasteiger partial charge in [-0.3, -0.25) is 9.36 Å². The van der Waals surface area contributed by atoms with Crippen LogP contribution < -0.4 is 5.69 Å². The zero-order valence-electron chi connectivity index (χ0n) is 8.92. The fourth-order valence-electron chi connectivity index (χ4n) is 1.73. The molecule has 1 aromatic rings. The number of carbonyl (C=O) groups is 1. The summed E-state index contributed by atoms with van der Waals surface area (Å²) in [6, 6.07) is -0.442. The highest BCUT2D eigenvalue weighted by atomic mass is 16.5. The molecule has 7 heteroatoms. The number of carboxylic acids is 1. The molecule has 0 aliphatic carbocycles. The van der Waals surface area contributed by atoms with Crippen LogP contribution in [-0.2, 0) is 22.7 Å². The lowest BCUT2D eigenvalue weighted by molar-refractivity contribution is -0.137. The van der Waals surface area contributed by atoms with Gasteiger partial charge >= 0.3 is 11.7 Å². The van der Waals surface area contributed by atoms with Crippen LogP contribution in [0.4, 0.5) is 0 Å². The lowest BCUT2D eigenvalue weighted by atomic mass is 10.2. The second-order valence-electron chi connectivity index (χ2n) is 3.79. The van der Waals surface area contributed by atoms with Crippen molar-refractivity contribution in [2.45, 2.75) is 32.5 Å². The SMILES string of the molecule is C[C@@H](CC(=O)O)n1nc2n(c1=O)CCOC2. The molecule has 0 fully saturated rings. The molecule has 16 heavy (non-hydrogen) atoms. The molecule has 1 atom stereocenters. The molecule has 1 aliphatic heterocycles. The van der Waals surface area contributed by atoms with Crippen molar-refractivity contribution >= 4 is 5.97 Å². The van der Waals surface area contributed by atoms with Crippen molar-refractivity contribution in [3.05, 3.63) is 16.3 Å². The molecule has 2 heterocycles. The van der Waals surface area contributed by atoms with E-state index in [4.69, 9.17) is 9.84 Å². The van der Waals surface area contributed by atoms with Crippen molar-refractivity contribution < 1.29 is 14.6 Å². The summed E-state index contributed by atoms with van der Waals surface area (Å²) in [6.45, 7) is 2.94. The molecule has 88 valence electrons. The first-order valence-corrected chi connectivity index (χ1v) is 5.07. The number of fused-ring (bicyclic) bond motifs is 1. The summed E-state index contributed by atoms with van der Waals surface area (Å²) in [5.74, 6) is -0.380. The zero-order chi connectivity index (χ0) is 11.7. The lowest BCUT2D eigenvalue weighted by Gasteiger charge is -2.11. The molecule has 1 aliphatic rings. The van der Waals surface area contributed by atoms with E-state index in [2.05, 4.69) is 5.10 Å². The largest absolute Gasteiger partial charge is 0.481 e. The molecule has 0 amide bonds. The van der Waals surface area contributed by atoms with E-state index in [1.807, 2.05) is 0 Å². The number of rotatable bonds is 3. The molecule has 0 spiro atoms. The topological polar surface area (TPSA) is 86.4 Å². The lowest BCUT2D eigenvalue weighted by Crippen LogP contribution is -2.30. The molecular weight excluding hydrogens is 214 g/mol. The van der Waals surface area contributed by atoms with E-state index >= 15 is 0 Å². The maximum absolute atomic E-state index is 11.9. The normalized spacial score (nSPS) is 16.8. The predicted molar refractivity (Wildman–Crippen MR) is 53.1 cm³/mol. The molecule has 0 saturated carbocycles. The molecule has 0 radical (unpaired) electrons. The standard InChI is InChI=1S/C9H13N3O4/c1-6(4-8(13)14)12-9(15)11-2-3-16-5-7(11)10-12/h6H,2-5H2,1H3,(H,13,14)/t6-/m0/s1. The Labute approximate surface area is 91.2 Å². The van der Waals surface area contributed by atoms with Crippen LogP contribution in [-0.4, -0.2) is 32.0 Å². The van der Waals surface area contributed by atoms with Crippen LogP contribution in [0.15, 0.2) is 4.79 Å². The Kier molecular flexibility index (Phi) is 2.78. The van der Waals surface area contributed by atoms with E-state index in [0.717, 1.165) is 0 Å². The average molecular weight is 227 g/mol. The highest BCUT2D eigenvalue weighted by molar-refractivity contribution is 5.67. The quantitative estimate of drug-likeness (QED) is 0.760. The van der Waals surface area contributed by atoms with E-state index < -0.39 is 12.0 Å². The van der Waals surface area contributed by atoms with Gasteiger partial charge in [-0.15, -0.1) is 0 Å². The number of carboxylic acid groups (broad SMARTS) is 1. The monoisotopic (exact) mass is 227 g/mol. The first-order chi connectivity index (χ1) is 7.59.